The minimum Gasteiger partial charge on any atom is -0.481 e. The van der Waals surface area contributed by atoms with Crippen LogP contribution in [0.5, 0.6) is 0 Å². The Morgan fingerprint density at radius 1 is 1.29 bits per heavy atom. The summed E-state index contributed by atoms with van der Waals surface area (Å²) in [5.74, 6) is -2.62. The second kappa shape index (κ2) is 6.70. The summed E-state index contributed by atoms with van der Waals surface area (Å²) in [6.07, 6.45) is 2.86. The molecule has 0 aliphatic heterocycles. The summed E-state index contributed by atoms with van der Waals surface area (Å²) in [5, 5.41) is 12.0. The van der Waals surface area contributed by atoms with E-state index in [2.05, 4.69) is 5.32 Å². The normalized spacial score (nSPS) is 23.3. The van der Waals surface area contributed by atoms with Crippen molar-refractivity contribution in [1.82, 2.24) is 5.32 Å². The molecule has 1 aliphatic rings. The lowest BCUT2D eigenvalue weighted by molar-refractivity contribution is -0.149. The SMILES string of the molecule is C[C@H](NC(=O)[C@@H]1CCCC[C@@H]1C(=O)O)c1cccc(F)c1. The van der Waals surface area contributed by atoms with Gasteiger partial charge in [-0.2, -0.15) is 0 Å². The predicted molar refractivity (Wildman–Crippen MR) is 76.0 cm³/mol. The Bertz CT molecular complexity index is 532. The summed E-state index contributed by atoms with van der Waals surface area (Å²) in [6.45, 7) is 1.77. The number of carboxylic acid groups (broad SMARTS) is 1. The molecule has 5 heteroatoms. The zero-order valence-electron chi connectivity index (χ0n) is 12.0. The molecular weight excluding hydrogens is 273 g/mol. The van der Waals surface area contributed by atoms with Crippen LogP contribution in [0.25, 0.3) is 0 Å². The number of carbonyl (C=O) groups is 2. The monoisotopic (exact) mass is 293 g/mol. The number of benzene rings is 1. The summed E-state index contributed by atoms with van der Waals surface area (Å²) >= 11 is 0. The van der Waals surface area contributed by atoms with Crippen LogP contribution in [-0.4, -0.2) is 17.0 Å². The third-order valence-electron chi connectivity index (χ3n) is 4.13. The number of hydrogen-bond acceptors (Lipinski definition) is 2. The molecule has 1 fully saturated rings. The maximum absolute atomic E-state index is 13.2. The first-order chi connectivity index (χ1) is 9.99. The fourth-order valence-corrected chi connectivity index (χ4v) is 2.92. The Balaban J connectivity index is 2.04. The van der Waals surface area contributed by atoms with Crippen LogP contribution in [0.3, 0.4) is 0 Å². The van der Waals surface area contributed by atoms with Gasteiger partial charge < -0.3 is 10.4 Å². The minimum atomic E-state index is -0.909. The van der Waals surface area contributed by atoms with Gasteiger partial charge in [-0.1, -0.05) is 25.0 Å². The number of rotatable bonds is 4. The summed E-state index contributed by atoms with van der Waals surface area (Å²) in [7, 11) is 0. The van der Waals surface area contributed by atoms with Gasteiger partial charge in [0.15, 0.2) is 0 Å². The standard InChI is InChI=1S/C16H20FNO3/c1-10(11-5-4-6-12(17)9-11)18-15(19)13-7-2-3-8-14(13)16(20)21/h4-6,9-10,13-14H,2-3,7-8H2,1H3,(H,18,19)(H,20,21)/t10-,13+,14-/m0/s1. The molecule has 1 aliphatic carbocycles. The Kier molecular flexibility index (Phi) is 4.94. The molecule has 1 saturated carbocycles. The Morgan fingerprint density at radius 3 is 2.57 bits per heavy atom. The van der Waals surface area contributed by atoms with E-state index in [0.717, 1.165) is 12.8 Å². The predicted octanol–water partition coefficient (Wildman–Crippen LogP) is 2.89. The smallest absolute Gasteiger partial charge is 0.307 e. The Hall–Kier alpha value is -1.91. The molecule has 2 rings (SSSR count). The van der Waals surface area contributed by atoms with Gasteiger partial charge in [-0.3, -0.25) is 9.59 Å². The molecule has 4 nitrogen and oxygen atoms in total. The molecule has 0 saturated heterocycles. The molecule has 21 heavy (non-hydrogen) atoms. The number of halogens is 1. The van der Waals surface area contributed by atoms with E-state index in [-0.39, 0.29) is 17.8 Å². The largest absolute Gasteiger partial charge is 0.481 e. The van der Waals surface area contributed by atoms with Crippen LogP contribution in [0.1, 0.15) is 44.2 Å². The molecule has 114 valence electrons. The van der Waals surface area contributed by atoms with Gasteiger partial charge in [-0.05, 0) is 37.5 Å². The highest BCUT2D eigenvalue weighted by atomic mass is 19.1. The Morgan fingerprint density at radius 2 is 1.95 bits per heavy atom. The van der Waals surface area contributed by atoms with Crippen molar-refractivity contribution >= 4 is 11.9 Å². The molecule has 0 spiro atoms. The van der Waals surface area contributed by atoms with E-state index in [1.807, 2.05) is 0 Å². The van der Waals surface area contributed by atoms with Crippen LogP contribution in [0.15, 0.2) is 24.3 Å². The van der Waals surface area contributed by atoms with Gasteiger partial charge in [-0.15, -0.1) is 0 Å². The van der Waals surface area contributed by atoms with E-state index in [0.29, 0.717) is 18.4 Å². The molecule has 0 bridgehead atoms. The molecule has 1 aromatic rings. The fourth-order valence-electron chi connectivity index (χ4n) is 2.92. The summed E-state index contributed by atoms with van der Waals surface area (Å²) < 4.78 is 13.2. The first-order valence-electron chi connectivity index (χ1n) is 7.27. The maximum atomic E-state index is 13.2. The lowest BCUT2D eigenvalue weighted by Crippen LogP contribution is -2.40. The number of carbonyl (C=O) groups excluding carboxylic acids is 1. The second-order valence-electron chi connectivity index (χ2n) is 5.62. The lowest BCUT2D eigenvalue weighted by Gasteiger charge is -2.28. The van der Waals surface area contributed by atoms with Crippen molar-refractivity contribution in [3.63, 3.8) is 0 Å². The van der Waals surface area contributed by atoms with E-state index in [4.69, 9.17) is 0 Å². The summed E-state index contributed by atoms with van der Waals surface area (Å²) in [5.41, 5.74) is 0.672. The van der Waals surface area contributed by atoms with Crippen molar-refractivity contribution in [2.45, 2.75) is 38.6 Å². The minimum absolute atomic E-state index is 0.251. The van der Waals surface area contributed by atoms with Crippen molar-refractivity contribution in [2.24, 2.45) is 11.8 Å². The van der Waals surface area contributed by atoms with Gasteiger partial charge >= 0.3 is 5.97 Å². The van der Waals surface area contributed by atoms with Crippen LogP contribution >= 0.6 is 0 Å². The molecule has 3 atom stereocenters. The zero-order chi connectivity index (χ0) is 15.4. The third-order valence-corrected chi connectivity index (χ3v) is 4.13. The van der Waals surface area contributed by atoms with Crippen LogP contribution in [-0.2, 0) is 9.59 Å². The molecule has 0 aromatic heterocycles. The first-order valence-corrected chi connectivity index (χ1v) is 7.27. The van der Waals surface area contributed by atoms with E-state index in [1.165, 1.54) is 12.1 Å². The number of hydrogen-bond donors (Lipinski definition) is 2. The van der Waals surface area contributed by atoms with Gasteiger partial charge in [0.2, 0.25) is 5.91 Å². The van der Waals surface area contributed by atoms with Gasteiger partial charge in [0.05, 0.1) is 17.9 Å². The molecule has 1 amide bonds. The Labute approximate surface area is 123 Å². The molecule has 0 unspecified atom stereocenters. The summed E-state index contributed by atoms with van der Waals surface area (Å²) in [4.78, 5) is 23.6. The highest BCUT2D eigenvalue weighted by Gasteiger charge is 2.36. The number of aliphatic carboxylic acids is 1. The van der Waals surface area contributed by atoms with Crippen LogP contribution in [0.2, 0.25) is 0 Å². The van der Waals surface area contributed by atoms with Crippen molar-refractivity contribution in [1.29, 1.82) is 0 Å². The highest BCUT2D eigenvalue weighted by Crippen LogP contribution is 2.31. The molecule has 1 aromatic carbocycles. The van der Waals surface area contributed by atoms with E-state index in [9.17, 15) is 19.1 Å². The number of carboxylic acids is 1. The molecule has 0 radical (unpaired) electrons. The summed E-state index contributed by atoms with van der Waals surface area (Å²) in [6, 6.07) is 5.71. The van der Waals surface area contributed by atoms with Crippen molar-refractivity contribution in [3.8, 4) is 0 Å². The average molecular weight is 293 g/mol. The van der Waals surface area contributed by atoms with Gasteiger partial charge in [0.1, 0.15) is 5.82 Å². The lowest BCUT2D eigenvalue weighted by atomic mass is 9.78. The van der Waals surface area contributed by atoms with Crippen LogP contribution in [0.4, 0.5) is 4.39 Å². The molecule has 0 heterocycles. The third kappa shape index (κ3) is 3.80. The van der Waals surface area contributed by atoms with E-state index < -0.39 is 17.8 Å². The quantitative estimate of drug-likeness (QED) is 0.897. The van der Waals surface area contributed by atoms with Gasteiger partial charge in [0, 0.05) is 0 Å². The molecular formula is C16H20FNO3. The van der Waals surface area contributed by atoms with Crippen LogP contribution in [0, 0.1) is 17.7 Å². The number of nitrogens with one attached hydrogen (secondary N) is 1. The maximum Gasteiger partial charge on any atom is 0.307 e. The first kappa shape index (κ1) is 15.5. The fraction of sp³-hybridized carbons (Fsp3) is 0.500. The van der Waals surface area contributed by atoms with Crippen molar-refractivity contribution < 1.29 is 19.1 Å². The van der Waals surface area contributed by atoms with Crippen LogP contribution < -0.4 is 5.32 Å². The molecule has 2 N–H and O–H groups in total. The van der Waals surface area contributed by atoms with Gasteiger partial charge in [-0.25, -0.2) is 4.39 Å². The van der Waals surface area contributed by atoms with Crippen molar-refractivity contribution in [2.75, 3.05) is 0 Å². The zero-order valence-corrected chi connectivity index (χ0v) is 12.0. The van der Waals surface area contributed by atoms with Crippen molar-refractivity contribution in [3.05, 3.63) is 35.6 Å². The average Bonchev–Trinajstić information content (AvgIpc) is 2.47. The highest BCUT2D eigenvalue weighted by molar-refractivity contribution is 5.85. The number of amides is 1. The van der Waals surface area contributed by atoms with Gasteiger partial charge in [0.25, 0.3) is 0 Å². The second-order valence-corrected chi connectivity index (χ2v) is 5.62. The van der Waals surface area contributed by atoms with E-state index in [1.54, 1.807) is 19.1 Å². The topological polar surface area (TPSA) is 66.4 Å². The van der Waals surface area contributed by atoms with E-state index >= 15 is 0 Å².